The molecule has 0 spiro atoms. The van der Waals surface area contributed by atoms with E-state index in [1.165, 1.54) is 0 Å². The summed E-state index contributed by atoms with van der Waals surface area (Å²) in [4.78, 5) is 15.6. The summed E-state index contributed by atoms with van der Waals surface area (Å²) in [7, 11) is 5.22. The molecule has 3 rings (SSSR count). The Morgan fingerprint density at radius 2 is 1.96 bits per heavy atom. The maximum atomic E-state index is 12.1. The van der Waals surface area contributed by atoms with Crippen molar-refractivity contribution in [3.8, 4) is 5.75 Å². The minimum absolute atomic E-state index is 0.0313. The van der Waals surface area contributed by atoms with Crippen LogP contribution in [0.4, 0.5) is 4.79 Å². The molecule has 2 aromatic rings. The Labute approximate surface area is 136 Å². The van der Waals surface area contributed by atoms with Crippen molar-refractivity contribution >= 4 is 16.8 Å². The first-order chi connectivity index (χ1) is 11.1. The number of urea groups is 1. The lowest BCUT2D eigenvalue weighted by atomic mass is 10.0. The first-order valence-electron chi connectivity index (χ1n) is 7.74. The smallest absolute Gasteiger partial charge is 0.319 e. The predicted molar refractivity (Wildman–Crippen MR) is 89.8 cm³/mol. The fourth-order valence-electron chi connectivity index (χ4n) is 2.88. The van der Waals surface area contributed by atoms with E-state index in [0.717, 1.165) is 22.1 Å². The van der Waals surface area contributed by atoms with Crippen LogP contribution >= 0.6 is 0 Å². The maximum Gasteiger partial charge on any atom is 0.319 e. The second-order valence-corrected chi connectivity index (χ2v) is 5.95. The summed E-state index contributed by atoms with van der Waals surface area (Å²) >= 11 is 0. The van der Waals surface area contributed by atoms with E-state index >= 15 is 0 Å². The van der Waals surface area contributed by atoms with Crippen LogP contribution in [0, 0.1) is 0 Å². The summed E-state index contributed by atoms with van der Waals surface area (Å²) in [6, 6.07) is 12.3. The molecule has 1 fully saturated rings. The monoisotopic (exact) mass is 314 g/mol. The van der Waals surface area contributed by atoms with Crippen molar-refractivity contribution in [3.05, 3.63) is 42.0 Å². The van der Waals surface area contributed by atoms with E-state index in [1.54, 1.807) is 26.1 Å². The molecule has 0 bridgehead atoms. The molecule has 1 atom stereocenters. The second kappa shape index (κ2) is 6.46. The Bertz CT molecular complexity index is 714. The minimum Gasteiger partial charge on any atom is -0.497 e. The molecular formula is C18H22N2O3. The van der Waals surface area contributed by atoms with Gasteiger partial charge >= 0.3 is 6.03 Å². The zero-order chi connectivity index (χ0) is 16.4. The Morgan fingerprint density at radius 1 is 1.22 bits per heavy atom. The van der Waals surface area contributed by atoms with Crippen LogP contribution in [0.1, 0.15) is 11.7 Å². The van der Waals surface area contributed by atoms with Gasteiger partial charge in [0.2, 0.25) is 0 Å². The van der Waals surface area contributed by atoms with E-state index in [9.17, 15) is 4.79 Å². The van der Waals surface area contributed by atoms with Gasteiger partial charge in [0.05, 0.1) is 20.3 Å². The first kappa shape index (κ1) is 15.6. The van der Waals surface area contributed by atoms with Gasteiger partial charge in [-0.15, -0.1) is 0 Å². The van der Waals surface area contributed by atoms with E-state index in [1.807, 2.05) is 23.1 Å². The molecule has 0 N–H and O–H groups in total. The number of hydrogen-bond acceptors (Lipinski definition) is 3. The Morgan fingerprint density at radius 3 is 2.70 bits per heavy atom. The third-order valence-electron chi connectivity index (χ3n) is 4.16. The van der Waals surface area contributed by atoms with E-state index < -0.39 is 0 Å². The Kier molecular flexibility index (Phi) is 4.39. The number of benzene rings is 2. The van der Waals surface area contributed by atoms with Crippen molar-refractivity contribution in [2.24, 2.45) is 0 Å². The van der Waals surface area contributed by atoms with E-state index in [4.69, 9.17) is 9.47 Å². The molecule has 1 aliphatic heterocycles. The molecule has 1 saturated heterocycles. The van der Waals surface area contributed by atoms with Gasteiger partial charge in [0, 0.05) is 20.6 Å². The van der Waals surface area contributed by atoms with Gasteiger partial charge in [-0.25, -0.2) is 4.79 Å². The van der Waals surface area contributed by atoms with Crippen molar-refractivity contribution in [3.63, 3.8) is 0 Å². The number of ether oxygens (including phenoxy) is 2. The Balaban J connectivity index is 1.83. The Hall–Kier alpha value is -2.27. The van der Waals surface area contributed by atoms with Crippen molar-refractivity contribution in [2.75, 3.05) is 40.9 Å². The van der Waals surface area contributed by atoms with Gasteiger partial charge < -0.3 is 19.3 Å². The first-order valence-corrected chi connectivity index (χ1v) is 7.74. The highest BCUT2D eigenvalue weighted by molar-refractivity contribution is 5.84. The number of nitrogens with zero attached hydrogens (tertiary/aromatic N) is 2. The molecule has 1 aliphatic rings. The summed E-state index contributed by atoms with van der Waals surface area (Å²) in [6.07, 6.45) is -0.0841. The fraction of sp³-hybridized carbons (Fsp3) is 0.389. The fourth-order valence-corrected chi connectivity index (χ4v) is 2.88. The molecule has 23 heavy (non-hydrogen) atoms. The van der Waals surface area contributed by atoms with Crippen LogP contribution in [-0.4, -0.2) is 56.7 Å². The second-order valence-electron chi connectivity index (χ2n) is 5.95. The lowest BCUT2D eigenvalue weighted by Crippen LogP contribution is -2.46. The van der Waals surface area contributed by atoms with Gasteiger partial charge in [-0.05, 0) is 34.5 Å². The normalized spacial score (nSPS) is 18.0. The van der Waals surface area contributed by atoms with Crippen molar-refractivity contribution < 1.29 is 14.3 Å². The average molecular weight is 314 g/mol. The van der Waals surface area contributed by atoms with Crippen molar-refractivity contribution in [1.82, 2.24) is 9.80 Å². The van der Waals surface area contributed by atoms with Crippen LogP contribution < -0.4 is 4.74 Å². The van der Waals surface area contributed by atoms with E-state index in [2.05, 4.69) is 18.2 Å². The number of fused-ring (bicyclic) bond motifs is 1. The summed E-state index contributed by atoms with van der Waals surface area (Å²) in [5, 5.41) is 2.27. The van der Waals surface area contributed by atoms with Gasteiger partial charge in [-0.3, -0.25) is 0 Å². The zero-order valence-corrected chi connectivity index (χ0v) is 13.8. The molecule has 2 amide bonds. The summed E-state index contributed by atoms with van der Waals surface area (Å²) in [5.41, 5.74) is 1.10. The molecule has 1 heterocycles. The number of carbonyl (C=O) groups is 1. The highest BCUT2D eigenvalue weighted by atomic mass is 16.5. The molecule has 0 unspecified atom stereocenters. The van der Waals surface area contributed by atoms with Crippen LogP contribution in [0.25, 0.3) is 10.8 Å². The number of rotatable bonds is 2. The molecule has 5 nitrogen and oxygen atoms in total. The topological polar surface area (TPSA) is 42.0 Å². The highest BCUT2D eigenvalue weighted by Crippen LogP contribution is 2.28. The number of carbonyl (C=O) groups excluding carboxylic acids is 1. The van der Waals surface area contributed by atoms with Gasteiger partial charge in [0.1, 0.15) is 11.9 Å². The maximum absolute atomic E-state index is 12.1. The predicted octanol–water partition coefficient (Wildman–Crippen LogP) is 2.90. The third kappa shape index (κ3) is 3.24. The number of methoxy groups -OCH3 is 1. The average Bonchev–Trinajstić information content (AvgIpc) is 2.60. The molecule has 0 radical (unpaired) electrons. The molecular weight excluding hydrogens is 292 g/mol. The number of morpholine rings is 1. The van der Waals surface area contributed by atoms with E-state index in [0.29, 0.717) is 19.7 Å². The lowest BCUT2D eigenvalue weighted by Gasteiger charge is -2.34. The van der Waals surface area contributed by atoms with Gasteiger partial charge in [0.15, 0.2) is 0 Å². The molecule has 122 valence electrons. The molecule has 2 aromatic carbocycles. The van der Waals surface area contributed by atoms with E-state index in [-0.39, 0.29) is 12.1 Å². The summed E-state index contributed by atoms with van der Waals surface area (Å²) in [5.74, 6) is 0.849. The van der Waals surface area contributed by atoms with Gasteiger partial charge in [-0.2, -0.15) is 0 Å². The summed E-state index contributed by atoms with van der Waals surface area (Å²) in [6.45, 7) is 1.78. The van der Waals surface area contributed by atoms with Gasteiger partial charge in [0.25, 0.3) is 0 Å². The molecule has 0 aliphatic carbocycles. The number of amides is 2. The van der Waals surface area contributed by atoms with Crippen LogP contribution in [0.3, 0.4) is 0 Å². The zero-order valence-electron chi connectivity index (χ0n) is 13.8. The van der Waals surface area contributed by atoms with Crippen LogP contribution in [0.5, 0.6) is 5.75 Å². The molecule has 0 aromatic heterocycles. The molecule has 0 saturated carbocycles. The third-order valence-corrected chi connectivity index (χ3v) is 4.16. The summed E-state index contributed by atoms with van der Waals surface area (Å²) < 4.78 is 11.1. The SMILES string of the molecule is COc1ccc2cc([C@H]3CN(C(=O)N(C)C)CCO3)ccc2c1. The van der Waals surface area contributed by atoms with Crippen LogP contribution in [0.2, 0.25) is 0 Å². The lowest BCUT2D eigenvalue weighted by molar-refractivity contribution is -0.0188. The number of hydrogen-bond donors (Lipinski definition) is 0. The quantitative estimate of drug-likeness (QED) is 0.856. The highest BCUT2D eigenvalue weighted by Gasteiger charge is 2.26. The van der Waals surface area contributed by atoms with Gasteiger partial charge in [-0.1, -0.05) is 18.2 Å². The van der Waals surface area contributed by atoms with Crippen molar-refractivity contribution in [1.29, 1.82) is 0 Å². The van der Waals surface area contributed by atoms with Crippen LogP contribution in [0.15, 0.2) is 36.4 Å². The minimum atomic E-state index is -0.0841. The van der Waals surface area contributed by atoms with Crippen molar-refractivity contribution in [2.45, 2.75) is 6.10 Å². The largest absolute Gasteiger partial charge is 0.497 e. The molecule has 5 heteroatoms. The standard InChI is InChI=1S/C18H22N2O3/c1-19(2)18(21)20-8-9-23-17(12-20)15-5-4-14-11-16(22-3)7-6-13(14)10-15/h4-7,10-11,17H,8-9,12H2,1-3H3/t17-/m1/s1. The van der Waals surface area contributed by atoms with Crippen LogP contribution in [-0.2, 0) is 4.74 Å².